The fourth-order valence-electron chi connectivity index (χ4n) is 2.41. The molecule has 8 nitrogen and oxygen atoms in total. The summed E-state index contributed by atoms with van der Waals surface area (Å²) < 4.78 is 5.06. The van der Waals surface area contributed by atoms with E-state index in [4.69, 9.17) is 10.3 Å². The number of anilines is 1. The Morgan fingerprint density at radius 2 is 2.14 bits per heavy atom. The second-order valence-electron chi connectivity index (χ2n) is 4.93. The van der Waals surface area contributed by atoms with Gasteiger partial charge in [-0.1, -0.05) is 11.2 Å². The Kier molecular flexibility index (Phi) is 4.11. The van der Waals surface area contributed by atoms with Crippen LogP contribution in [0.4, 0.5) is 11.4 Å². The lowest BCUT2D eigenvalue weighted by Gasteiger charge is -2.14. The molecule has 2 aromatic rings. The first kappa shape index (κ1) is 15.5. The third-order valence-corrected chi connectivity index (χ3v) is 3.37. The third-order valence-electron chi connectivity index (χ3n) is 3.37. The predicted molar refractivity (Wildman–Crippen MR) is 79.4 cm³/mol. The van der Waals surface area contributed by atoms with Crippen LogP contribution in [0.2, 0.25) is 0 Å². The van der Waals surface area contributed by atoms with E-state index in [1.807, 2.05) is 0 Å². The van der Waals surface area contributed by atoms with E-state index >= 15 is 0 Å². The Labute approximate surface area is 126 Å². The summed E-state index contributed by atoms with van der Waals surface area (Å²) in [4.78, 5) is 22.8. The van der Waals surface area contributed by atoms with Crippen molar-refractivity contribution < 1.29 is 14.2 Å². The normalized spacial score (nSPS) is 12.0. The van der Waals surface area contributed by atoms with Crippen LogP contribution in [-0.4, -0.2) is 16.0 Å². The highest BCUT2D eigenvalue weighted by atomic mass is 16.6. The van der Waals surface area contributed by atoms with Crippen molar-refractivity contribution in [3.8, 4) is 0 Å². The Balaban J connectivity index is 2.32. The van der Waals surface area contributed by atoms with E-state index in [0.29, 0.717) is 11.5 Å². The number of benzene rings is 1. The molecule has 1 atom stereocenters. The Morgan fingerprint density at radius 3 is 2.68 bits per heavy atom. The Bertz CT molecular complexity index is 719. The zero-order valence-electron chi connectivity index (χ0n) is 12.4. The molecule has 1 aromatic heterocycles. The number of nitro groups is 1. The summed E-state index contributed by atoms with van der Waals surface area (Å²) in [5.41, 5.74) is 6.69. The van der Waals surface area contributed by atoms with E-state index in [-0.39, 0.29) is 16.9 Å². The van der Waals surface area contributed by atoms with Gasteiger partial charge in [-0.25, -0.2) is 0 Å². The average Bonchev–Trinajstić information content (AvgIpc) is 2.77. The summed E-state index contributed by atoms with van der Waals surface area (Å²) in [5, 5.41) is 17.6. The molecule has 3 N–H and O–H groups in total. The number of carbonyl (C=O) groups excluding carboxylic acids is 1. The first-order chi connectivity index (χ1) is 10.3. The number of aryl methyl sites for hydroxylation is 2. The van der Waals surface area contributed by atoms with Gasteiger partial charge in [0.1, 0.15) is 11.3 Å². The quantitative estimate of drug-likeness (QED) is 0.507. The van der Waals surface area contributed by atoms with E-state index in [2.05, 4.69) is 10.5 Å². The van der Waals surface area contributed by atoms with Gasteiger partial charge in [-0.05, 0) is 26.8 Å². The van der Waals surface area contributed by atoms with Crippen molar-refractivity contribution >= 4 is 17.3 Å². The molecule has 0 spiro atoms. The SMILES string of the molecule is Cc1noc(C)c1[C@H](C)NC(=O)c1c(N)cccc1[N+](=O)[O-]. The van der Waals surface area contributed by atoms with Gasteiger partial charge < -0.3 is 15.6 Å². The number of nitrogens with one attached hydrogen (secondary N) is 1. The minimum absolute atomic E-state index is 0.0534. The lowest BCUT2D eigenvalue weighted by atomic mass is 10.1. The number of nitro benzene ring substituents is 1. The minimum Gasteiger partial charge on any atom is -0.398 e. The zero-order valence-corrected chi connectivity index (χ0v) is 12.4. The molecule has 0 aliphatic rings. The number of nitrogens with two attached hydrogens (primary N) is 1. The largest absolute Gasteiger partial charge is 0.398 e. The topological polar surface area (TPSA) is 124 Å². The fourth-order valence-corrected chi connectivity index (χ4v) is 2.41. The van der Waals surface area contributed by atoms with Gasteiger partial charge in [-0.15, -0.1) is 0 Å². The van der Waals surface area contributed by atoms with E-state index in [1.54, 1.807) is 20.8 Å². The summed E-state index contributed by atoms with van der Waals surface area (Å²) in [5.74, 6) is -0.0295. The summed E-state index contributed by atoms with van der Waals surface area (Å²) in [7, 11) is 0. The van der Waals surface area contributed by atoms with Crippen molar-refractivity contribution in [2.45, 2.75) is 26.8 Å². The standard InChI is InChI=1S/C14H16N4O4/c1-7(12-8(2)17-22-9(12)3)16-14(19)13-10(15)5-4-6-11(13)18(20)21/h4-7H,15H2,1-3H3,(H,16,19)/t7-/m0/s1. The Morgan fingerprint density at radius 1 is 1.45 bits per heavy atom. The predicted octanol–water partition coefficient (Wildman–Crippen LogP) is 2.27. The maximum Gasteiger partial charge on any atom is 0.284 e. The molecule has 0 saturated heterocycles. The minimum atomic E-state index is -0.633. The highest BCUT2D eigenvalue weighted by molar-refractivity contribution is 6.03. The molecule has 0 aliphatic carbocycles. The molecule has 0 aliphatic heterocycles. The smallest absolute Gasteiger partial charge is 0.284 e. The highest BCUT2D eigenvalue weighted by Crippen LogP contribution is 2.26. The summed E-state index contributed by atoms with van der Waals surface area (Å²) in [6.45, 7) is 5.24. The summed E-state index contributed by atoms with van der Waals surface area (Å²) in [6.07, 6.45) is 0. The van der Waals surface area contributed by atoms with Crippen LogP contribution in [0.5, 0.6) is 0 Å². The lowest BCUT2D eigenvalue weighted by Crippen LogP contribution is -2.28. The van der Waals surface area contributed by atoms with Crippen LogP contribution in [0.3, 0.4) is 0 Å². The second-order valence-corrected chi connectivity index (χ2v) is 4.93. The number of amides is 1. The number of hydrogen-bond acceptors (Lipinski definition) is 6. The second kappa shape index (κ2) is 5.84. The van der Waals surface area contributed by atoms with Crippen LogP contribution < -0.4 is 11.1 Å². The van der Waals surface area contributed by atoms with E-state index in [1.165, 1.54) is 18.2 Å². The van der Waals surface area contributed by atoms with Gasteiger partial charge in [-0.2, -0.15) is 0 Å². The van der Waals surface area contributed by atoms with Gasteiger partial charge in [-0.3, -0.25) is 14.9 Å². The molecule has 8 heteroatoms. The van der Waals surface area contributed by atoms with Crippen LogP contribution in [0.15, 0.2) is 22.7 Å². The van der Waals surface area contributed by atoms with Crippen molar-refractivity contribution in [1.82, 2.24) is 10.5 Å². The van der Waals surface area contributed by atoms with Crippen molar-refractivity contribution in [3.05, 3.63) is 50.9 Å². The van der Waals surface area contributed by atoms with Gasteiger partial charge in [0.25, 0.3) is 11.6 Å². The van der Waals surface area contributed by atoms with Crippen LogP contribution >= 0.6 is 0 Å². The monoisotopic (exact) mass is 304 g/mol. The molecule has 1 aromatic carbocycles. The number of rotatable bonds is 4. The molecule has 0 radical (unpaired) electrons. The molecule has 0 bridgehead atoms. The van der Waals surface area contributed by atoms with Crippen LogP contribution in [0.25, 0.3) is 0 Å². The number of aromatic nitrogens is 1. The fraction of sp³-hybridized carbons (Fsp3) is 0.286. The third kappa shape index (κ3) is 2.76. The van der Waals surface area contributed by atoms with E-state index in [9.17, 15) is 14.9 Å². The average molecular weight is 304 g/mol. The summed E-state index contributed by atoms with van der Waals surface area (Å²) in [6, 6.07) is 3.70. The number of carbonyl (C=O) groups is 1. The molecule has 22 heavy (non-hydrogen) atoms. The maximum absolute atomic E-state index is 12.4. The number of hydrogen-bond donors (Lipinski definition) is 2. The van der Waals surface area contributed by atoms with E-state index in [0.717, 1.165) is 5.56 Å². The molecule has 116 valence electrons. The molecule has 1 amide bonds. The maximum atomic E-state index is 12.4. The van der Waals surface area contributed by atoms with Crippen LogP contribution in [-0.2, 0) is 0 Å². The molecular formula is C14H16N4O4. The molecule has 0 unspecified atom stereocenters. The van der Waals surface area contributed by atoms with Crippen LogP contribution in [0.1, 0.15) is 40.3 Å². The van der Waals surface area contributed by atoms with Gasteiger partial charge in [0, 0.05) is 11.6 Å². The molecule has 0 saturated carbocycles. The van der Waals surface area contributed by atoms with Gasteiger partial charge >= 0.3 is 0 Å². The van der Waals surface area contributed by atoms with Crippen molar-refractivity contribution in [2.75, 3.05) is 5.73 Å². The number of nitrogen functional groups attached to an aromatic ring is 1. The van der Waals surface area contributed by atoms with Crippen molar-refractivity contribution in [3.63, 3.8) is 0 Å². The van der Waals surface area contributed by atoms with Gasteiger partial charge in [0.15, 0.2) is 0 Å². The highest BCUT2D eigenvalue weighted by Gasteiger charge is 2.25. The first-order valence-corrected chi connectivity index (χ1v) is 6.59. The summed E-state index contributed by atoms with van der Waals surface area (Å²) >= 11 is 0. The molecular weight excluding hydrogens is 288 g/mol. The Hall–Kier alpha value is -2.90. The van der Waals surface area contributed by atoms with Gasteiger partial charge in [0.2, 0.25) is 0 Å². The zero-order chi connectivity index (χ0) is 16.4. The molecule has 1 heterocycles. The molecule has 2 rings (SSSR count). The first-order valence-electron chi connectivity index (χ1n) is 6.59. The van der Waals surface area contributed by atoms with Crippen molar-refractivity contribution in [1.29, 1.82) is 0 Å². The molecule has 0 fully saturated rings. The van der Waals surface area contributed by atoms with Crippen molar-refractivity contribution in [2.24, 2.45) is 0 Å². The number of nitrogens with zero attached hydrogens (tertiary/aromatic N) is 2. The van der Waals surface area contributed by atoms with E-state index < -0.39 is 16.9 Å². The lowest BCUT2D eigenvalue weighted by molar-refractivity contribution is -0.385. The van der Waals surface area contributed by atoms with Gasteiger partial charge in [0.05, 0.1) is 22.3 Å². The van der Waals surface area contributed by atoms with Crippen LogP contribution in [0, 0.1) is 24.0 Å².